The van der Waals surface area contributed by atoms with Gasteiger partial charge in [-0.25, -0.2) is 0 Å². The maximum atomic E-state index is 2.36. The average Bonchev–Trinajstić information content (AvgIpc) is 2.88. The molecule has 0 saturated heterocycles. The molecular formula is C14H20. The van der Waals surface area contributed by atoms with E-state index in [2.05, 4.69) is 58.9 Å². The molecule has 76 valence electrons. The van der Waals surface area contributed by atoms with Gasteiger partial charge in [0.25, 0.3) is 0 Å². The summed E-state index contributed by atoms with van der Waals surface area (Å²) in [6.07, 6.45) is 8.96. The average molecular weight is 188 g/mol. The van der Waals surface area contributed by atoms with Crippen LogP contribution in [-0.2, 0) is 0 Å². The van der Waals surface area contributed by atoms with Gasteiger partial charge in [0.15, 0.2) is 0 Å². The zero-order chi connectivity index (χ0) is 10.7. The van der Waals surface area contributed by atoms with Gasteiger partial charge in [-0.1, -0.05) is 35.5 Å². The topological polar surface area (TPSA) is 0 Å². The second-order valence-electron chi connectivity index (χ2n) is 3.79. The van der Waals surface area contributed by atoms with Gasteiger partial charge >= 0.3 is 0 Å². The van der Waals surface area contributed by atoms with E-state index in [4.69, 9.17) is 0 Å². The summed E-state index contributed by atoms with van der Waals surface area (Å²) in [6.45, 7) is 10.7. The summed E-state index contributed by atoms with van der Waals surface area (Å²) in [6, 6.07) is 0. The van der Waals surface area contributed by atoms with Crippen LogP contribution in [0.25, 0.3) is 0 Å². The standard InChI is InChI=1S/C14H20/c1-6-10(4)11(5)9-14-12(7-2)13(14)8-3/h6-9,14H,1-5H3. The highest BCUT2D eigenvalue weighted by Gasteiger charge is 2.33. The first-order chi connectivity index (χ1) is 6.65. The molecular weight excluding hydrogens is 168 g/mol. The van der Waals surface area contributed by atoms with E-state index in [-0.39, 0.29) is 0 Å². The fourth-order valence-corrected chi connectivity index (χ4v) is 1.76. The van der Waals surface area contributed by atoms with E-state index < -0.39 is 0 Å². The van der Waals surface area contributed by atoms with Crippen LogP contribution in [0.5, 0.6) is 0 Å². The van der Waals surface area contributed by atoms with Gasteiger partial charge in [-0.05, 0) is 45.8 Å². The minimum absolute atomic E-state index is 0.597. The van der Waals surface area contributed by atoms with Crippen LogP contribution in [-0.4, -0.2) is 0 Å². The summed E-state index contributed by atoms with van der Waals surface area (Å²) in [5.41, 5.74) is 5.77. The quantitative estimate of drug-likeness (QED) is 0.563. The Kier molecular flexibility index (Phi) is 3.51. The lowest BCUT2D eigenvalue weighted by Crippen LogP contribution is -1.79. The van der Waals surface area contributed by atoms with Gasteiger partial charge in [-0.15, -0.1) is 0 Å². The molecule has 0 unspecified atom stereocenters. The summed E-state index contributed by atoms with van der Waals surface area (Å²) in [5.74, 6) is 0.597. The van der Waals surface area contributed by atoms with Crippen LogP contribution in [0.1, 0.15) is 34.6 Å². The minimum Gasteiger partial charge on any atom is -0.0845 e. The van der Waals surface area contributed by atoms with Crippen molar-refractivity contribution in [3.05, 3.63) is 46.6 Å². The van der Waals surface area contributed by atoms with E-state index in [1.54, 1.807) is 0 Å². The number of rotatable bonds is 2. The summed E-state index contributed by atoms with van der Waals surface area (Å²) in [7, 11) is 0. The summed E-state index contributed by atoms with van der Waals surface area (Å²) < 4.78 is 0. The molecule has 1 aliphatic rings. The molecule has 0 amide bonds. The van der Waals surface area contributed by atoms with E-state index in [0.29, 0.717) is 5.92 Å². The van der Waals surface area contributed by atoms with Crippen molar-refractivity contribution in [3.8, 4) is 0 Å². The fraction of sp³-hybridized carbons (Fsp3) is 0.429. The molecule has 1 fully saturated rings. The maximum Gasteiger partial charge on any atom is 0.0274 e. The summed E-state index contributed by atoms with van der Waals surface area (Å²) >= 11 is 0. The van der Waals surface area contributed by atoms with Crippen LogP contribution in [0.4, 0.5) is 0 Å². The molecule has 1 aliphatic carbocycles. The van der Waals surface area contributed by atoms with Crippen molar-refractivity contribution in [2.24, 2.45) is 5.92 Å². The van der Waals surface area contributed by atoms with Gasteiger partial charge in [-0.2, -0.15) is 0 Å². The van der Waals surface area contributed by atoms with Crippen molar-refractivity contribution >= 4 is 0 Å². The molecule has 0 heterocycles. The Bertz CT molecular complexity index is 317. The summed E-state index contributed by atoms with van der Waals surface area (Å²) in [4.78, 5) is 0. The molecule has 1 rings (SSSR count). The molecule has 0 N–H and O–H groups in total. The predicted molar refractivity (Wildman–Crippen MR) is 64.2 cm³/mol. The zero-order valence-corrected chi connectivity index (χ0v) is 9.89. The number of hydrogen-bond acceptors (Lipinski definition) is 0. The van der Waals surface area contributed by atoms with Crippen molar-refractivity contribution in [2.45, 2.75) is 34.6 Å². The largest absolute Gasteiger partial charge is 0.0845 e. The SMILES string of the molecule is CC=C(C)C(C)=CC1C(=CC)C1=CC. The normalized spacial score (nSPS) is 28.8. The Balaban J connectivity index is 2.82. The summed E-state index contributed by atoms with van der Waals surface area (Å²) in [5, 5.41) is 0. The highest BCUT2D eigenvalue weighted by molar-refractivity contribution is 5.59. The van der Waals surface area contributed by atoms with Gasteiger partial charge in [0.2, 0.25) is 0 Å². The van der Waals surface area contributed by atoms with Crippen molar-refractivity contribution in [2.75, 3.05) is 0 Å². The first-order valence-electron chi connectivity index (χ1n) is 5.30. The monoisotopic (exact) mass is 188 g/mol. The van der Waals surface area contributed by atoms with Crippen molar-refractivity contribution in [3.63, 3.8) is 0 Å². The molecule has 0 radical (unpaired) electrons. The second kappa shape index (κ2) is 4.45. The maximum absolute atomic E-state index is 2.36. The van der Waals surface area contributed by atoms with Crippen molar-refractivity contribution < 1.29 is 0 Å². The van der Waals surface area contributed by atoms with Gasteiger partial charge < -0.3 is 0 Å². The first kappa shape index (κ1) is 11.0. The minimum atomic E-state index is 0.597. The molecule has 0 aromatic carbocycles. The lowest BCUT2D eigenvalue weighted by atomic mass is 10.1. The number of hydrogen-bond donors (Lipinski definition) is 0. The predicted octanol–water partition coefficient (Wildman–Crippen LogP) is 4.42. The first-order valence-corrected chi connectivity index (χ1v) is 5.30. The highest BCUT2D eigenvalue weighted by Crippen LogP contribution is 2.46. The molecule has 1 saturated carbocycles. The van der Waals surface area contributed by atoms with E-state index in [1.807, 2.05) is 0 Å². The van der Waals surface area contributed by atoms with Gasteiger partial charge in [0.05, 0.1) is 0 Å². The van der Waals surface area contributed by atoms with Gasteiger partial charge in [0.1, 0.15) is 0 Å². The Morgan fingerprint density at radius 1 is 0.929 bits per heavy atom. The zero-order valence-electron chi connectivity index (χ0n) is 9.89. The smallest absolute Gasteiger partial charge is 0.0274 e. The Morgan fingerprint density at radius 3 is 1.79 bits per heavy atom. The van der Waals surface area contributed by atoms with Crippen molar-refractivity contribution in [1.82, 2.24) is 0 Å². The van der Waals surface area contributed by atoms with Crippen molar-refractivity contribution in [1.29, 1.82) is 0 Å². The van der Waals surface area contributed by atoms with Crippen LogP contribution < -0.4 is 0 Å². The van der Waals surface area contributed by atoms with Crippen LogP contribution >= 0.6 is 0 Å². The Labute approximate surface area is 87.7 Å². The third kappa shape index (κ3) is 2.06. The van der Waals surface area contributed by atoms with E-state index in [9.17, 15) is 0 Å². The van der Waals surface area contributed by atoms with Gasteiger partial charge in [-0.3, -0.25) is 0 Å². The lowest BCUT2D eigenvalue weighted by Gasteiger charge is -1.98. The Morgan fingerprint density at radius 2 is 1.43 bits per heavy atom. The third-order valence-electron chi connectivity index (χ3n) is 3.01. The van der Waals surface area contributed by atoms with Crippen LogP contribution in [0.15, 0.2) is 46.6 Å². The van der Waals surface area contributed by atoms with Crippen LogP contribution in [0, 0.1) is 5.92 Å². The molecule has 14 heavy (non-hydrogen) atoms. The van der Waals surface area contributed by atoms with E-state index in [0.717, 1.165) is 0 Å². The molecule has 0 aromatic rings. The van der Waals surface area contributed by atoms with Gasteiger partial charge in [0, 0.05) is 5.92 Å². The number of allylic oxidation sites excluding steroid dienone is 8. The molecule has 0 nitrogen and oxygen atoms in total. The van der Waals surface area contributed by atoms with Crippen LogP contribution in [0.3, 0.4) is 0 Å². The van der Waals surface area contributed by atoms with E-state index >= 15 is 0 Å². The van der Waals surface area contributed by atoms with Crippen LogP contribution in [0.2, 0.25) is 0 Å². The Hall–Kier alpha value is -1.04. The fourth-order valence-electron chi connectivity index (χ4n) is 1.76. The third-order valence-corrected chi connectivity index (χ3v) is 3.01. The highest BCUT2D eigenvalue weighted by atomic mass is 14.4. The molecule has 0 aliphatic heterocycles. The lowest BCUT2D eigenvalue weighted by molar-refractivity contribution is 1.18. The molecule has 0 aromatic heterocycles. The second-order valence-corrected chi connectivity index (χ2v) is 3.79. The molecule has 0 spiro atoms. The molecule has 0 atom stereocenters. The van der Waals surface area contributed by atoms with E-state index in [1.165, 1.54) is 22.3 Å². The molecule has 0 bridgehead atoms. The molecule has 0 heteroatoms.